The van der Waals surface area contributed by atoms with E-state index in [0.717, 1.165) is 0 Å². The van der Waals surface area contributed by atoms with Crippen LogP contribution in [-0.4, -0.2) is 35.7 Å². The van der Waals surface area contributed by atoms with Gasteiger partial charge in [-0.3, -0.25) is 9.59 Å². The maximum atomic E-state index is 11.5. The number of ether oxygens (including phenoxy) is 1. The molecule has 0 atom stereocenters. The Morgan fingerprint density at radius 2 is 1.80 bits per heavy atom. The van der Waals surface area contributed by atoms with Gasteiger partial charge in [0.2, 0.25) is 0 Å². The Kier molecular flexibility index (Phi) is 3.34. The number of esters is 1. The Bertz CT molecular complexity index is 263. The number of carbonyl (C=O) groups is 2. The van der Waals surface area contributed by atoms with Gasteiger partial charge >= 0.3 is 11.9 Å². The lowest BCUT2D eigenvalue weighted by atomic mass is 10.0. The van der Waals surface area contributed by atoms with E-state index in [4.69, 9.17) is 9.57 Å². The molecule has 0 aromatic carbocycles. The molecule has 5 heteroatoms. The summed E-state index contributed by atoms with van der Waals surface area (Å²) >= 11 is 0. The summed E-state index contributed by atoms with van der Waals surface area (Å²) in [5.74, 6) is -0.771. The Balaban J connectivity index is 2.27. The molecular formula is C10H17NO4. The summed E-state index contributed by atoms with van der Waals surface area (Å²) in [5.41, 5.74) is -0.459. The predicted octanol–water partition coefficient (Wildman–Crippen LogP) is 0.738. The Morgan fingerprint density at radius 3 is 2.20 bits per heavy atom. The highest BCUT2D eigenvalue weighted by molar-refractivity contribution is 5.74. The molecule has 1 fully saturated rings. The second-order valence-corrected chi connectivity index (χ2v) is 4.66. The van der Waals surface area contributed by atoms with Crippen molar-refractivity contribution in [1.82, 2.24) is 5.06 Å². The molecule has 0 aliphatic carbocycles. The number of nitrogens with zero attached hydrogens (tertiary/aromatic N) is 1. The highest BCUT2D eigenvalue weighted by Gasteiger charge is 2.37. The molecule has 1 aliphatic heterocycles. The minimum absolute atomic E-state index is 0.177. The van der Waals surface area contributed by atoms with Crippen LogP contribution >= 0.6 is 0 Å². The average molecular weight is 215 g/mol. The number of rotatable bonds is 2. The third kappa shape index (κ3) is 3.87. The van der Waals surface area contributed by atoms with E-state index < -0.39 is 5.60 Å². The van der Waals surface area contributed by atoms with Gasteiger partial charge in [0.25, 0.3) is 0 Å². The number of hydrogen-bond donors (Lipinski definition) is 0. The maximum absolute atomic E-state index is 11.5. The van der Waals surface area contributed by atoms with Gasteiger partial charge in [0.05, 0.1) is 5.92 Å². The summed E-state index contributed by atoms with van der Waals surface area (Å²) in [4.78, 5) is 26.8. The molecule has 0 spiro atoms. The van der Waals surface area contributed by atoms with Gasteiger partial charge in [-0.25, -0.2) is 0 Å². The fourth-order valence-corrected chi connectivity index (χ4v) is 1.23. The van der Waals surface area contributed by atoms with Gasteiger partial charge < -0.3 is 9.57 Å². The predicted molar refractivity (Wildman–Crippen MR) is 52.7 cm³/mol. The number of carbonyl (C=O) groups excluding carboxylic acids is 2. The third-order valence-corrected chi connectivity index (χ3v) is 1.85. The van der Waals surface area contributed by atoms with Gasteiger partial charge in [-0.05, 0) is 20.8 Å². The van der Waals surface area contributed by atoms with E-state index in [0.29, 0.717) is 13.1 Å². The van der Waals surface area contributed by atoms with Crippen LogP contribution in [0.4, 0.5) is 0 Å². The summed E-state index contributed by atoms with van der Waals surface area (Å²) in [6.45, 7) is 7.66. The van der Waals surface area contributed by atoms with Crippen LogP contribution in [0, 0.1) is 5.92 Å². The van der Waals surface area contributed by atoms with Crippen LogP contribution in [0.15, 0.2) is 0 Å². The lowest BCUT2D eigenvalue weighted by Crippen LogP contribution is -2.52. The van der Waals surface area contributed by atoms with E-state index in [1.807, 2.05) is 20.8 Å². The number of hydroxylamine groups is 2. The molecule has 0 radical (unpaired) electrons. The van der Waals surface area contributed by atoms with E-state index in [9.17, 15) is 9.59 Å². The molecule has 1 aliphatic rings. The zero-order chi connectivity index (χ0) is 11.6. The van der Waals surface area contributed by atoms with E-state index in [-0.39, 0.29) is 17.9 Å². The first-order chi connectivity index (χ1) is 6.78. The topological polar surface area (TPSA) is 55.8 Å². The van der Waals surface area contributed by atoms with Crippen molar-refractivity contribution in [2.75, 3.05) is 13.1 Å². The normalized spacial score (nSPS) is 18.1. The summed E-state index contributed by atoms with van der Waals surface area (Å²) in [6, 6.07) is 0. The first kappa shape index (κ1) is 12.0. The lowest BCUT2D eigenvalue weighted by Gasteiger charge is -2.36. The Morgan fingerprint density at radius 1 is 1.27 bits per heavy atom. The van der Waals surface area contributed by atoms with Gasteiger partial charge in [-0.2, -0.15) is 0 Å². The number of hydrogen-bond acceptors (Lipinski definition) is 5. The second kappa shape index (κ2) is 4.18. The summed E-state index contributed by atoms with van der Waals surface area (Å²) in [6.07, 6.45) is 0. The molecular weight excluding hydrogens is 198 g/mol. The van der Waals surface area contributed by atoms with E-state index in [1.165, 1.54) is 12.0 Å². The standard InChI is InChI=1S/C10H17NO4/c1-7(12)15-11-5-8(6-11)9(13)14-10(2,3)4/h8H,5-6H2,1-4H3. The van der Waals surface area contributed by atoms with Crippen LogP contribution < -0.4 is 0 Å². The van der Waals surface area contributed by atoms with Gasteiger partial charge in [0.1, 0.15) is 5.60 Å². The molecule has 0 bridgehead atoms. The molecule has 0 aromatic heterocycles. The molecule has 15 heavy (non-hydrogen) atoms. The van der Waals surface area contributed by atoms with E-state index >= 15 is 0 Å². The van der Waals surface area contributed by atoms with Gasteiger partial charge in [0, 0.05) is 20.0 Å². The molecule has 0 amide bonds. The smallest absolute Gasteiger partial charge is 0.322 e. The monoisotopic (exact) mass is 215 g/mol. The van der Waals surface area contributed by atoms with E-state index in [1.54, 1.807) is 0 Å². The summed E-state index contributed by atoms with van der Waals surface area (Å²) < 4.78 is 5.19. The molecule has 1 rings (SSSR count). The van der Waals surface area contributed by atoms with Crippen molar-refractivity contribution in [2.24, 2.45) is 5.92 Å². The van der Waals surface area contributed by atoms with Crippen molar-refractivity contribution in [3.05, 3.63) is 0 Å². The van der Waals surface area contributed by atoms with Crippen LogP contribution in [0.3, 0.4) is 0 Å². The highest BCUT2D eigenvalue weighted by Crippen LogP contribution is 2.20. The SMILES string of the molecule is CC(=O)ON1CC(C(=O)OC(C)(C)C)C1. The second-order valence-electron chi connectivity index (χ2n) is 4.66. The van der Waals surface area contributed by atoms with Gasteiger partial charge in [-0.15, -0.1) is 5.06 Å². The van der Waals surface area contributed by atoms with E-state index in [2.05, 4.69) is 0 Å². The fraction of sp³-hybridized carbons (Fsp3) is 0.800. The van der Waals surface area contributed by atoms with Crippen molar-refractivity contribution < 1.29 is 19.2 Å². The van der Waals surface area contributed by atoms with Crippen LogP contribution in [0.1, 0.15) is 27.7 Å². The lowest BCUT2D eigenvalue weighted by molar-refractivity contribution is -0.225. The van der Waals surface area contributed by atoms with Crippen molar-refractivity contribution in [3.63, 3.8) is 0 Å². The molecule has 86 valence electrons. The molecule has 5 nitrogen and oxygen atoms in total. The summed E-state index contributed by atoms with van der Waals surface area (Å²) in [5, 5.41) is 1.46. The van der Waals surface area contributed by atoms with Crippen molar-refractivity contribution in [3.8, 4) is 0 Å². The molecule has 0 unspecified atom stereocenters. The average Bonchev–Trinajstić information content (AvgIpc) is 1.91. The quantitative estimate of drug-likeness (QED) is 0.636. The van der Waals surface area contributed by atoms with Gasteiger partial charge in [0.15, 0.2) is 0 Å². The zero-order valence-corrected chi connectivity index (χ0v) is 9.57. The van der Waals surface area contributed by atoms with Crippen LogP contribution in [0.2, 0.25) is 0 Å². The molecule has 0 aromatic rings. The zero-order valence-electron chi connectivity index (χ0n) is 9.57. The molecule has 0 saturated carbocycles. The maximum Gasteiger partial charge on any atom is 0.322 e. The minimum Gasteiger partial charge on any atom is -0.460 e. The third-order valence-electron chi connectivity index (χ3n) is 1.85. The van der Waals surface area contributed by atoms with Crippen LogP contribution in [0.25, 0.3) is 0 Å². The minimum atomic E-state index is -0.459. The summed E-state index contributed by atoms with van der Waals surface area (Å²) in [7, 11) is 0. The largest absolute Gasteiger partial charge is 0.460 e. The van der Waals surface area contributed by atoms with Crippen LogP contribution in [0.5, 0.6) is 0 Å². The van der Waals surface area contributed by atoms with Crippen LogP contribution in [-0.2, 0) is 19.2 Å². The Labute approximate surface area is 89.3 Å². The first-order valence-electron chi connectivity index (χ1n) is 4.94. The van der Waals surface area contributed by atoms with Gasteiger partial charge in [-0.1, -0.05) is 0 Å². The first-order valence-corrected chi connectivity index (χ1v) is 4.94. The van der Waals surface area contributed by atoms with Crippen molar-refractivity contribution >= 4 is 11.9 Å². The fourth-order valence-electron chi connectivity index (χ4n) is 1.23. The van der Waals surface area contributed by atoms with Crippen molar-refractivity contribution in [2.45, 2.75) is 33.3 Å². The highest BCUT2D eigenvalue weighted by atomic mass is 16.7. The molecule has 1 heterocycles. The molecule has 1 saturated heterocycles. The Hall–Kier alpha value is -1.10. The molecule has 0 N–H and O–H groups in total. The van der Waals surface area contributed by atoms with Crippen molar-refractivity contribution in [1.29, 1.82) is 0 Å².